The third-order valence-corrected chi connectivity index (χ3v) is 1.93. The van der Waals surface area contributed by atoms with Gasteiger partial charge in [0.05, 0.1) is 0 Å². The first-order chi connectivity index (χ1) is 6.22. The number of unbranched alkanes of at least 4 members (excludes halogenated alkanes) is 1. The van der Waals surface area contributed by atoms with Crippen LogP contribution in [0.25, 0.3) is 0 Å². The minimum atomic E-state index is 0.237. The first-order valence-electron chi connectivity index (χ1n) is 4.20. The first-order valence-corrected chi connectivity index (χ1v) is 4.65. The molecule has 72 valence electrons. The molecule has 2 heteroatoms. The number of allylic oxidation sites excluding steroid dienone is 5. The Morgan fingerprint density at radius 1 is 1.46 bits per heavy atom. The van der Waals surface area contributed by atoms with Crippen molar-refractivity contribution in [3.05, 3.63) is 47.9 Å². The van der Waals surface area contributed by atoms with Crippen molar-refractivity contribution >= 4 is 12.6 Å². The fourth-order valence-corrected chi connectivity index (χ4v) is 0.854. The third kappa shape index (κ3) is 6.43. The van der Waals surface area contributed by atoms with E-state index in [4.69, 9.17) is 5.11 Å². The van der Waals surface area contributed by atoms with Crippen LogP contribution in [0.4, 0.5) is 0 Å². The quantitative estimate of drug-likeness (QED) is 0.380. The molecule has 0 amide bonds. The number of thiol groups is 1. The Hall–Kier alpha value is -0.730. The summed E-state index contributed by atoms with van der Waals surface area (Å²) < 4.78 is 0. The predicted octanol–water partition coefficient (Wildman–Crippen LogP) is 2.87. The van der Waals surface area contributed by atoms with Gasteiger partial charge in [-0.05, 0) is 24.5 Å². The highest BCUT2D eigenvalue weighted by Gasteiger charge is 1.88. The normalized spacial score (nSPS) is 12.0. The summed E-state index contributed by atoms with van der Waals surface area (Å²) in [5.41, 5.74) is 0.815. The van der Waals surface area contributed by atoms with Gasteiger partial charge in [0.2, 0.25) is 0 Å². The van der Waals surface area contributed by atoms with E-state index >= 15 is 0 Å². The van der Waals surface area contributed by atoms with Gasteiger partial charge in [-0.3, -0.25) is 0 Å². The Kier molecular flexibility index (Phi) is 7.45. The summed E-state index contributed by atoms with van der Waals surface area (Å²) in [4.78, 5) is 0.815. The van der Waals surface area contributed by atoms with Gasteiger partial charge in [0.1, 0.15) is 0 Å². The van der Waals surface area contributed by atoms with Gasteiger partial charge in [0.15, 0.2) is 0 Å². The van der Waals surface area contributed by atoms with Crippen LogP contribution >= 0.6 is 12.6 Å². The molecule has 0 aromatic carbocycles. The van der Waals surface area contributed by atoms with Gasteiger partial charge < -0.3 is 5.11 Å². The molecule has 0 radical (unpaired) electrons. The van der Waals surface area contributed by atoms with E-state index in [9.17, 15) is 0 Å². The molecule has 1 N–H and O–H groups in total. The number of rotatable bonds is 6. The Bertz CT molecular complexity index is 226. The molecule has 0 aromatic rings. The van der Waals surface area contributed by atoms with Gasteiger partial charge in [-0.15, -0.1) is 12.6 Å². The molecule has 0 saturated carbocycles. The lowest BCUT2D eigenvalue weighted by Gasteiger charge is -1.94. The second-order valence-electron chi connectivity index (χ2n) is 2.58. The molecule has 13 heavy (non-hydrogen) atoms. The largest absolute Gasteiger partial charge is 0.396 e. The van der Waals surface area contributed by atoms with Crippen LogP contribution < -0.4 is 0 Å². The minimum absolute atomic E-state index is 0.237. The Morgan fingerprint density at radius 3 is 2.69 bits per heavy atom. The standard InChI is InChI=1S/C11H16OS/c1-3-10(2)11(13)8-6-4-5-7-9-12/h3-4,6,8,12-13H,1-2,5,7,9H2/b6-4-,11-8+. The summed E-state index contributed by atoms with van der Waals surface area (Å²) in [5, 5.41) is 8.51. The monoisotopic (exact) mass is 196 g/mol. The van der Waals surface area contributed by atoms with E-state index in [1.165, 1.54) is 0 Å². The van der Waals surface area contributed by atoms with Crippen LogP contribution in [-0.2, 0) is 0 Å². The summed E-state index contributed by atoms with van der Waals surface area (Å²) >= 11 is 4.22. The van der Waals surface area contributed by atoms with Crippen molar-refractivity contribution in [2.75, 3.05) is 6.61 Å². The maximum atomic E-state index is 8.51. The van der Waals surface area contributed by atoms with Crippen LogP contribution in [0, 0.1) is 0 Å². The van der Waals surface area contributed by atoms with E-state index < -0.39 is 0 Å². The van der Waals surface area contributed by atoms with E-state index in [2.05, 4.69) is 25.8 Å². The molecule has 0 fully saturated rings. The fourth-order valence-electron chi connectivity index (χ4n) is 0.676. The molecule has 0 bridgehead atoms. The van der Waals surface area contributed by atoms with Crippen molar-refractivity contribution in [2.24, 2.45) is 0 Å². The van der Waals surface area contributed by atoms with Crippen LogP contribution in [0.3, 0.4) is 0 Å². The minimum Gasteiger partial charge on any atom is -0.396 e. The number of aliphatic hydroxyl groups is 1. The van der Waals surface area contributed by atoms with Gasteiger partial charge in [0, 0.05) is 11.5 Å². The first kappa shape index (κ1) is 12.3. The van der Waals surface area contributed by atoms with Crippen molar-refractivity contribution in [1.29, 1.82) is 0 Å². The van der Waals surface area contributed by atoms with Gasteiger partial charge in [-0.25, -0.2) is 0 Å². The molecule has 0 aromatic heterocycles. The summed E-state index contributed by atoms with van der Waals surface area (Å²) in [6, 6.07) is 0. The Morgan fingerprint density at radius 2 is 2.15 bits per heavy atom. The van der Waals surface area contributed by atoms with Gasteiger partial charge in [-0.1, -0.05) is 31.4 Å². The molecule has 0 rings (SSSR count). The van der Waals surface area contributed by atoms with Gasteiger partial charge >= 0.3 is 0 Å². The van der Waals surface area contributed by atoms with Crippen molar-refractivity contribution < 1.29 is 5.11 Å². The molecule has 0 heterocycles. The highest BCUT2D eigenvalue weighted by molar-refractivity contribution is 7.84. The third-order valence-electron chi connectivity index (χ3n) is 1.49. The molecular formula is C11H16OS. The smallest absolute Gasteiger partial charge is 0.0433 e. The number of hydrogen-bond acceptors (Lipinski definition) is 2. The number of aliphatic hydroxyl groups excluding tert-OH is 1. The maximum absolute atomic E-state index is 8.51. The molecule has 1 nitrogen and oxygen atoms in total. The SMILES string of the molecule is C=CC(=C)/C(S)=C\C=C/CCCO. The average molecular weight is 196 g/mol. The van der Waals surface area contributed by atoms with E-state index in [1.807, 2.05) is 18.2 Å². The van der Waals surface area contributed by atoms with Crippen LogP contribution in [0.15, 0.2) is 47.9 Å². The summed E-state index contributed by atoms with van der Waals surface area (Å²) in [6.45, 7) is 7.58. The van der Waals surface area contributed by atoms with Gasteiger partial charge in [0.25, 0.3) is 0 Å². The molecular weight excluding hydrogens is 180 g/mol. The van der Waals surface area contributed by atoms with E-state index in [-0.39, 0.29) is 6.61 Å². The maximum Gasteiger partial charge on any atom is 0.0433 e. The second kappa shape index (κ2) is 7.90. The molecule has 0 saturated heterocycles. The lowest BCUT2D eigenvalue weighted by Crippen LogP contribution is -1.78. The summed E-state index contributed by atoms with van der Waals surface area (Å²) in [5.74, 6) is 0. The fraction of sp³-hybridized carbons (Fsp3) is 0.273. The van der Waals surface area contributed by atoms with E-state index in [1.54, 1.807) is 6.08 Å². The number of hydrogen-bond donors (Lipinski definition) is 2. The van der Waals surface area contributed by atoms with Crippen LogP contribution in [0.2, 0.25) is 0 Å². The van der Waals surface area contributed by atoms with Crippen LogP contribution in [-0.4, -0.2) is 11.7 Å². The summed E-state index contributed by atoms with van der Waals surface area (Å²) in [7, 11) is 0. The highest BCUT2D eigenvalue weighted by Crippen LogP contribution is 2.12. The molecule has 0 spiro atoms. The zero-order chi connectivity index (χ0) is 10.1. The van der Waals surface area contributed by atoms with Crippen molar-refractivity contribution in [3.63, 3.8) is 0 Å². The molecule has 0 aliphatic heterocycles. The lowest BCUT2D eigenvalue weighted by atomic mass is 10.2. The topological polar surface area (TPSA) is 20.2 Å². The molecule has 0 aliphatic rings. The molecule has 0 atom stereocenters. The van der Waals surface area contributed by atoms with Crippen molar-refractivity contribution in [2.45, 2.75) is 12.8 Å². The van der Waals surface area contributed by atoms with Crippen molar-refractivity contribution in [3.8, 4) is 0 Å². The average Bonchev–Trinajstić information content (AvgIpc) is 2.16. The predicted molar refractivity (Wildman–Crippen MR) is 61.9 cm³/mol. The summed E-state index contributed by atoms with van der Waals surface area (Å²) in [6.07, 6.45) is 9.11. The van der Waals surface area contributed by atoms with E-state index in [0.29, 0.717) is 0 Å². The zero-order valence-corrected chi connectivity index (χ0v) is 8.63. The van der Waals surface area contributed by atoms with E-state index in [0.717, 1.165) is 23.3 Å². The second-order valence-corrected chi connectivity index (χ2v) is 3.06. The van der Waals surface area contributed by atoms with Crippen molar-refractivity contribution in [1.82, 2.24) is 0 Å². The Balaban J connectivity index is 3.88. The van der Waals surface area contributed by atoms with Gasteiger partial charge in [-0.2, -0.15) is 0 Å². The molecule has 0 unspecified atom stereocenters. The Labute approximate surface area is 85.6 Å². The zero-order valence-electron chi connectivity index (χ0n) is 7.74. The van der Waals surface area contributed by atoms with Crippen LogP contribution in [0.5, 0.6) is 0 Å². The molecule has 0 aliphatic carbocycles. The highest BCUT2D eigenvalue weighted by atomic mass is 32.1. The van der Waals surface area contributed by atoms with Crippen LogP contribution in [0.1, 0.15) is 12.8 Å². The lowest BCUT2D eigenvalue weighted by molar-refractivity contribution is 0.289.